The van der Waals surface area contributed by atoms with Gasteiger partial charge in [-0.25, -0.2) is 18.0 Å². The van der Waals surface area contributed by atoms with Gasteiger partial charge < -0.3 is 14.8 Å². The lowest BCUT2D eigenvalue weighted by Gasteiger charge is -2.39. The molecule has 1 fully saturated rings. The van der Waals surface area contributed by atoms with Gasteiger partial charge in [0.05, 0.1) is 30.2 Å². The van der Waals surface area contributed by atoms with Crippen LogP contribution in [0.25, 0.3) is 0 Å². The average molecular weight is 543 g/mol. The molecule has 10 nitrogen and oxygen atoms in total. The molecule has 0 bridgehead atoms. The van der Waals surface area contributed by atoms with Gasteiger partial charge >= 0.3 is 12.0 Å². The van der Waals surface area contributed by atoms with Crippen LogP contribution in [-0.4, -0.2) is 88.0 Å². The first-order valence-corrected chi connectivity index (χ1v) is 14.0. The number of methoxy groups -OCH3 is 1. The predicted molar refractivity (Wildman–Crippen MR) is 142 cm³/mol. The second-order valence-electron chi connectivity index (χ2n) is 9.29. The second-order valence-corrected chi connectivity index (χ2v) is 11.2. The van der Waals surface area contributed by atoms with E-state index in [0.717, 1.165) is 11.1 Å². The minimum Gasteiger partial charge on any atom is -0.497 e. The number of carbonyl (C=O) groups excluding carboxylic acids is 2. The number of hydrogen-bond donors (Lipinski definition) is 1. The van der Waals surface area contributed by atoms with Crippen molar-refractivity contribution in [1.82, 2.24) is 19.4 Å². The molecule has 1 unspecified atom stereocenters. The zero-order valence-corrected chi connectivity index (χ0v) is 23.0. The van der Waals surface area contributed by atoms with Crippen LogP contribution >= 0.6 is 0 Å². The summed E-state index contributed by atoms with van der Waals surface area (Å²) in [6.07, 6.45) is 0. The van der Waals surface area contributed by atoms with Crippen molar-refractivity contribution in [1.29, 1.82) is 0 Å². The van der Waals surface area contributed by atoms with Crippen LogP contribution < -0.4 is 10.1 Å². The molecule has 4 rings (SSSR count). The van der Waals surface area contributed by atoms with E-state index >= 15 is 0 Å². The van der Waals surface area contributed by atoms with Crippen LogP contribution in [-0.2, 0) is 19.6 Å². The fourth-order valence-corrected chi connectivity index (χ4v) is 6.07. The molecule has 2 aliphatic rings. The lowest BCUT2D eigenvalue weighted by molar-refractivity contribution is -0.139. The minimum absolute atomic E-state index is 0.193. The highest BCUT2D eigenvalue weighted by Gasteiger charge is 2.38. The number of esters is 1. The monoisotopic (exact) mass is 542 g/mol. The van der Waals surface area contributed by atoms with Crippen LogP contribution in [0, 0.1) is 6.92 Å². The molecule has 0 aliphatic carbocycles. The molecule has 1 N–H and O–H groups in total. The van der Waals surface area contributed by atoms with E-state index in [1.807, 2.05) is 6.92 Å². The van der Waals surface area contributed by atoms with Gasteiger partial charge in [-0.1, -0.05) is 29.8 Å². The molecular formula is C27H34N4O6S. The topological polar surface area (TPSA) is 108 Å². The number of aryl methyl sites for hydroxylation is 1. The molecule has 0 radical (unpaired) electrons. The van der Waals surface area contributed by atoms with Gasteiger partial charge in [-0.3, -0.25) is 9.80 Å². The molecule has 2 amide bonds. The van der Waals surface area contributed by atoms with Crippen molar-refractivity contribution in [2.45, 2.75) is 24.8 Å². The van der Waals surface area contributed by atoms with Crippen molar-refractivity contribution in [3.63, 3.8) is 0 Å². The Morgan fingerprint density at radius 3 is 2.24 bits per heavy atom. The molecule has 2 aromatic carbocycles. The Balaban J connectivity index is 1.58. The normalized spacial score (nSPS) is 19.3. The number of urea groups is 1. The van der Waals surface area contributed by atoms with Gasteiger partial charge in [0.25, 0.3) is 0 Å². The summed E-state index contributed by atoms with van der Waals surface area (Å²) in [5, 5.41) is 2.91. The van der Waals surface area contributed by atoms with Gasteiger partial charge in [0.15, 0.2) is 0 Å². The molecule has 1 atom stereocenters. The molecule has 204 valence electrons. The molecule has 1 saturated heterocycles. The maximum atomic E-state index is 13.2. The van der Waals surface area contributed by atoms with Crippen molar-refractivity contribution in [2.75, 3.05) is 53.5 Å². The maximum absolute atomic E-state index is 13.2. The molecule has 2 aromatic rings. The summed E-state index contributed by atoms with van der Waals surface area (Å²) in [7, 11) is -0.414. The first-order valence-electron chi connectivity index (χ1n) is 12.5. The number of nitrogens with one attached hydrogen (secondary N) is 1. The van der Waals surface area contributed by atoms with E-state index in [-0.39, 0.29) is 17.5 Å². The summed E-state index contributed by atoms with van der Waals surface area (Å²) in [5.74, 6) is 0.157. The Kier molecular flexibility index (Phi) is 8.39. The highest BCUT2D eigenvalue weighted by Crippen LogP contribution is 2.32. The third-order valence-electron chi connectivity index (χ3n) is 6.88. The van der Waals surface area contributed by atoms with Crippen molar-refractivity contribution in [3.05, 3.63) is 70.9 Å². The van der Waals surface area contributed by atoms with Crippen LogP contribution in [0.3, 0.4) is 0 Å². The van der Waals surface area contributed by atoms with Crippen molar-refractivity contribution < 1.29 is 27.5 Å². The fourth-order valence-electron chi connectivity index (χ4n) is 4.64. The number of hydrogen-bond acceptors (Lipinski definition) is 7. The number of amides is 2. The van der Waals surface area contributed by atoms with E-state index in [0.29, 0.717) is 49.7 Å². The quantitative estimate of drug-likeness (QED) is 0.511. The molecule has 38 heavy (non-hydrogen) atoms. The Bertz CT molecular complexity index is 1300. The SMILES string of the molecule is CCOC(=O)C1=C(CN2CCN(S(=O)(=O)c3ccc(C)cc3)CC2)N(C)C(=O)NC1c1ccc(OC)cc1. The number of ether oxygens (including phenoxy) is 2. The van der Waals surface area contributed by atoms with E-state index < -0.39 is 22.0 Å². The van der Waals surface area contributed by atoms with Gasteiger partial charge in [0.2, 0.25) is 10.0 Å². The van der Waals surface area contributed by atoms with Gasteiger partial charge in [-0.05, 0) is 43.7 Å². The largest absolute Gasteiger partial charge is 0.497 e. The second kappa shape index (κ2) is 11.5. The maximum Gasteiger partial charge on any atom is 0.338 e. The van der Waals surface area contributed by atoms with E-state index in [1.165, 1.54) is 9.21 Å². The van der Waals surface area contributed by atoms with E-state index in [1.54, 1.807) is 69.6 Å². The van der Waals surface area contributed by atoms with Crippen molar-refractivity contribution in [2.24, 2.45) is 0 Å². The van der Waals surface area contributed by atoms with Gasteiger partial charge in [0.1, 0.15) is 5.75 Å². The molecule has 0 saturated carbocycles. The number of benzene rings is 2. The van der Waals surface area contributed by atoms with Gasteiger partial charge in [0, 0.05) is 45.5 Å². The number of likely N-dealkylation sites (N-methyl/N-ethyl adjacent to an activating group) is 1. The first-order chi connectivity index (χ1) is 18.1. The summed E-state index contributed by atoms with van der Waals surface area (Å²) >= 11 is 0. The lowest BCUT2D eigenvalue weighted by atomic mass is 9.94. The molecule has 11 heteroatoms. The summed E-state index contributed by atoms with van der Waals surface area (Å²) in [4.78, 5) is 29.9. The summed E-state index contributed by atoms with van der Waals surface area (Å²) < 4.78 is 38.3. The smallest absolute Gasteiger partial charge is 0.338 e. The Labute approximate surface area is 223 Å². The molecule has 2 aliphatic heterocycles. The Hall–Kier alpha value is -3.41. The van der Waals surface area contributed by atoms with Gasteiger partial charge in [-0.15, -0.1) is 0 Å². The molecule has 2 heterocycles. The summed E-state index contributed by atoms with van der Waals surface area (Å²) in [5.41, 5.74) is 2.60. The van der Waals surface area contributed by atoms with Crippen LogP contribution in [0.2, 0.25) is 0 Å². The number of nitrogens with zero attached hydrogens (tertiary/aromatic N) is 3. The van der Waals surface area contributed by atoms with Crippen LogP contribution in [0.4, 0.5) is 4.79 Å². The number of rotatable bonds is 8. The summed E-state index contributed by atoms with van der Waals surface area (Å²) in [6.45, 7) is 5.64. The Morgan fingerprint density at radius 2 is 1.66 bits per heavy atom. The van der Waals surface area contributed by atoms with Crippen LogP contribution in [0.1, 0.15) is 24.1 Å². The highest BCUT2D eigenvalue weighted by molar-refractivity contribution is 7.89. The number of sulfonamides is 1. The van der Waals surface area contributed by atoms with E-state index in [9.17, 15) is 18.0 Å². The Morgan fingerprint density at radius 1 is 1.03 bits per heavy atom. The van der Waals surface area contributed by atoms with Crippen molar-refractivity contribution in [3.8, 4) is 5.75 Å². The van der Waals surface area contributed by atoms with Crippen LogP contribution in [0.15, 0.2) is 64.7 Å². The summed E-state index contributed by atoms with van der Waals surface area (Å²) in [6, 6.07) is 13.0. The predicted octanol–water partition coefficient (Wildman–Crippen LogP) is 2.52. The van der Waals surface area contributed by atoms with E-state index in [2.05, 4.69) is 10.2 Å². The van der Waals surface area contributed by atoms with Crippen molar-refractivity contribution >= 4 is 22.0 Å². The zero-order valence-electron chi connectivity index (χ0n) is 22.1. The third-order valence-corrected chi connectivity index (χ3v) is 8.80. The average Bonchev–Trinajstić information content (AvgIpc) is 2.92. The van der Waals surface area contributed by atoms with Gasteiger partial charge in [-0.2, -0.15) is 4.31 Å². The molecule has 0 aromatic heterocycles. The number of piperazine rings is 1. The highest BCUT2D eigenvalue weighted by atomic mass is 32.2. The minimum atomic E-state index is -3.60. The zero-order chi connectivity index (χ0) is 27.4. The van der Waals surface area contributed by atoms with Crippen LogP contribution in [0.5, 0.6) is 5.75 Å². The fraction of sp³-hybridized carbons (Fsp3) is 0.407. The molecular weight excluding hydrogens is 508 g/mol. The molecule has 0 spiro atoms. The lowest BCUT2D eigenvalue weighted by Crippen LogP contribution is -2.53. The first kappa shape index (κ1) is 27.6. The third kappa shape index (κ3) is 5.69. The standard InChI is InChI=1S/C27H34N4O6S/c1-5-37-26(32)24-23(29(3)27(33)28-25(24)20-8-10-21(36-4)11-9-20)18-30-14-16-31(17-15-30)38(34,35)22-12-6-19(2)7-13-22/h6-13,25H,5,14-18H2,1-4H3,(H,28,33). The number of carbonyl (C=O) groups is 2. The van der Waals surface area contributed by atoms with E-state index in [4.69, 9.17) is 9.47 Å².